The highest BCUT2D eigenvalue weighted by atomic mass is 14.9. The molecule has 0 amide bonds. The highest BCUT2D eigenvalue weighted by Crippen LogP contribution is 2.44. The number of nitrogens with zero attached hydrogens (tertiary/aromatic N) is 1. The topological polar surface area (TPSA) is 14.1 Å². The fourth-order valence-electron chi connectivity index (χ4n) is 6.17. The Bertz CT molecular complexity index is 466. The zero-order valence-electron chi connectivity index (χ0n) is 25.3. The first kappa shape index (κ1) is 33.3. The molecule has 0 fully saturated rings. The number of rotatable bonds is 28. The molecule has 0 saturated heterocycles. The molecule has 0 unspecified atom stereocenters. The standard InChI is InChI=1S/C35H66N/c1-4-7-10-13-16-19-22-25-30-35(34-29-28-33-36-34,31-26-23-20-17-14-11-8-5-2)32-27-24-21-18-15-12-9-6-3/h28-29,33H,4-27,30-32H2,1-3H3. The van der Waals surface area contributed by atoms with Gasteiger partial charge in [0.15, 0.2) is 0 Å². The van der Waals surface area contributed by atoms with Crippen molar-refractivity contribution in [2.45, 2.75) is 194 Å². The van der Waals surface area contributed by atoms with Crippen molar-refractivity contribution in [3.05, 3.63) is 24.0 Å². The molecule has 0 aromatic carbocycles. The van der Waals surface area contributed by atoms with Crippen LogP contribution in [0.25, 0.3) is 0 Å². The zero-order valence-corrected chi connectivity index (χ0v) is 25.3. The summed E-state index contributed by atoms with van der Waals surface area (Å²) in [7, 11) is 0. The van der Waals surface area contributed by atoms with Gasteiger partial charge in [0, 0.05) is 17.3 Å². The van der Waals surface area contributed by atoms with Crippen molar-refractivity contribution < 1.29 is 0 Å². The third-order valence-corrected chi connectivity index (χ3v) is 8.62. The third kappa shape index (κ3) is 16.9. The molecule has 0 spiro atoms. The van der Waals surface area contributed by atoms with Gasteiger partial charge in [-0.15, -0.1) is 0 Å². The Balaban J connectivity index is 2.52. The average Bonchev–Trinajstić information content (AvgIpc) is 3.44. The Morgan fingerprint density at radius 2 is 0.750 bits per heavy atom. The molecular weight excluding hydrogens is 434 g/mol. The van der Waals surface area contributed by atoms with Gasteiger partial charge in [0.05, 0.1) is 0 Å². The van der Waals surface area contributed by atoms with Crippen molar-refractivity contribution in [3.8, 4) is 0 Å². The van der Waals surface area contributed by atoms with Gasteiger partial charge in [-0.2, -0.15) is 0 Å². The predicted octanol–water partition coefficient (Wildman–Crippen LogP) is 12.6. The zero-order chi connectivity index (χ0) is 26.0. The number of hydrogen-bond donors (Lipinski definition) is 0. The molecule has 1 aliphatic heterocycles. The minimum Gasteiger partial charge on any atom is -0.261 e. The molecule has 0 saturated carbocycles. The van der Waals surface area contributed by atoms with Crippen LogP contribution in [-0.2, 0) is 0 Å². The maximum absolute atomic E-state index is 4.94. The van der Waals surface area contributed by atoms with Gasteiger partial charge in [-0.1, -0.05) is 175 Å². The molecule has 36 heavy (non-hydrogen) atoms. The van der Waals surface area contributed by atoms with Gasteiger partial charge >= 0.3 is 0 Å². The van der Waals surface area contributed by atoms with Gasteiger partial charge in [-0.3, -0.25) is 5.32 Å². The summed E-state index contributed by atoms with van der Waals surface area (Å²) < 4.78 is 0. The number of allylic oxidation sites excluding steroid dienone is 3. The Kier molecular flexibility index (Phi) is 22.8. The highest BCUT2D eigenvalue weighted by molar-refractivity contribution is 5.26. The van der Waals surface area contributed by atoms with Crippen LogP contribution in [0.4, 0.5) is 0 Å². The molecule has 1 radical (unpaired) electrons. The van der Waals surface area contributed by atoms with Crippen LogP contribution in [0.15, 0.2) is 24.0 Å². The summed E-state index contributed by atoms with van der Waals surface area (Å²) in [6.45, 7) is 6.95. The summed E-state index contributed by atoms with van der Waals surface area (Å²) in [5.41, 5.74) is 1.77. The molecule has 1 nitrogen and oxygen atoms in total. The van der Waals surface area contributed by atoms with Crippen LogP contribution in [-0.4, -0.2) is 0 Å². The second-order valence-electron chi connectivity index (χ2n) is 12.0. The van der Waals surface area contributed by atoms with Crippen LogP contribution in [0.1, 0.15) is 194 Å². The maximum Gasteiger partial charge on any atom is 0.0465 e. The van der Waals surface area contributed by atoms with E-state index >= 15 is 0 Å². The Morgan fingerprint density at radius 1 is 0.444 bits per heavy atom. The van der Waals surface area contributed by atoms with E-state index in [1.54, 1.807) is 0 Å². The smallest absolute Gasteiger partial charge is 0.0465 e. The second-order valence-corrected chi connectivity index (χ2v) is 12.0. The molecule has 211 valence electrons. The quantitative estimate of drug-likeness (QED) is 0.0948. The first-order valence-electron chi connectivity index (χ1n) is 16.9. The SMILES string of the molecule is CCCCCCCCCCC(CCCCCCCCCC)(CCCCCCCCCC)C1=CC=C[N]1. The van der Waals surface area contributed by atoms with Gasteiger partial charge in [-0.05, 0) is 31.4 Å². The molecule has 0 atom stereocenters. The summed E-state index contributed by atoms with van der Waals surface area (Å²) in [6, 6.07) is 0. The average molecular weight is 501 g/mol. The predicted molar refractivity (Wildman–Crippen MR) is 163 cm³/mol. The van der Waals surface area contributed by atoms with Crippen molar-refractivity contribution in [2.75, 3.05) is 0 Å². The summed E-state index contributed by atoms with van der Waals surface area (Å²) in [5, 5.41) is 4.94. The lowest BCUT2D eigenvalue weighted by Gasteiger charge is -2.35. The molecule has 0 aromatic heterocycles. The minimum absolute atomic E-state index is 0.343. The third-order valence-electron chi connectivity index (χ3n) is 8.62. The molecule has 0 aromatic rings. The molecule has 0 N–H and O–H groups in total. The van der Waals surface area contributed by atoms with E-state index in [0.717, 1.165) is 0 Å². The Hall–Kier alpha value is -0.720. The van der Waals surface area contributed by atoms with E-state index in [4.69, 9.17) is 5.32 Å². The van der Waals surface area contributed by atoms with E-state index in [-0.39, 0.29) is 0 Å². The summed E-state index contributed by atoms with van der Waals surface area (Å²) in [5.74, 6) is 0. The molecule has 1 heteroatoms. The van der Waals surface area contributed by atoms with Crippen LogP contribution in [0.3, 0.4) is 0 Å². The lowest BCUT2D eigenvalue weighted by molar-refractivity contribution is 0.236. The lowest BCUT2D eigenvalue weighted by Crippen LogP contribution is -2.27. The highest BCUT2D eigenvalue weighted by Gasteiger charge is 2.34. The van der Waals surface area contributed by atoms with Crippen molar-refractivity contribution in [1.29, 1.82) is 0 Å². The van der Waals surface area contributed by atoms with Crippen LogP contribution < -0.4 is 5.32 Å². The number of unbranched alkanes of at least 4 members (excludes halogenated alkanes) is 21. The van der Waals surface area contributed by atoms with E-state index in [0.29, 0.717) is 5.41 Å². The van der Waals surface area contributed by atoms with Crippen LogP contribution in [0.2, 0.25) is 0 Å². The summed E-state index contributed by atoms with van der Waals surface area (Å²) in [4.78, 5) is 0. The Morgan fingerprint density at radius 3 is 1.03 bits per heavy atom. The number of hydrogen-bond acceptors (Lipinski definition) is 0. The van der Waals surface area contributed by atoms with E-state index in [9.17, 15) is 0 Å². The van der Waals surface area contributed by atoms with E-state index in [1.807, 2.05) is 0 Å². The first-order chi connectivity index (χ1) is 17.8. The van der Waals surface area contributed by atoms with Crippen LogP contribution in [0, 0.1) is 5.41 Å². The molecule has 1 rings (SSSR count). The molecule has 0 aliphatic carbocycles. The Labute approximate surface area is 228 Å². The maximum atomic E-state index is 4.94. The lowest BCUT2D eigenvalue weighted by atomic mass is 9.71. The molecule has 0 bridgehead atoms. The summed E-state index contributed by atoms with van der Waals surface area (Å²) in [6.07, 6.45) is 44.8. The fraction of sp³-hybridized carbons (Fsp3) is 0.886. The van der Waals surface area contributed by atoms with Crippen molar-refractivity contribution >= 4 is 0 Å². The van der Waals surface area contributed by atoms with Crippen molar-refractivity contribution in [3.63, 3.8) is 0 Å². The molecule has 1 aliphatic rings. The van der Waals surface area contributed by atoms with Gasteiger partial charge in [0.1, 0.15) is 0 Å². The molecule has 1 heterocycles. The van der Waals surface area contributed by atoms with Crippen LogP contribution >= 0.6 is 0 Å². The van der Waals surface area contributed by atoms with Crippen molar-refractivity contribution in [2.24, 2.45) is 5.41 Å². The van der Waals surface area contributed by atoms with Crippen LogP contribution in [0.5, 0.6) is 0 Å². The second kappa shape index (κ2) is 24.6. The first-order valence-corrected chi connectivity index (χ1v) is 16.9. The van der Waals surface area contributed by atoms with E-state index in [1.165, 1.54) is 179 Å². The molecular formula is C35H66N. The van der Waals surface area contributed by atoms with Gasteiger partial charge in [0.2, 0.25) is 0 Å². The normalized spacial score (nSPS) is 13.4. The van der Waals surface area contributed by atoms with Gasteiger partial charge in [0.25, 0.3) is 0 Å². The largest absolute Gasteiger partial charge is 0.261 e. The van der Waals surface area contributed by atoms with E-state index < -0.39 is 0 Å². The fourth-order valence-corrected chi connectivity index (χ4v) is 6.17. The van der Waals surface area contributed by atoms with E-state index in [2.05, 4.69) is 39.1 Å². The minimum atomic E-state index is 0.343. The summed E-state index contributed by atoms with van der Waals surface area (Å²) >= 11 is 0. The van der Waals surface area contributed by atoms with Crippen molar-refractivity contribution in [1.82, 2.24) is 5.32 Å². The van der Waals surface area contributed by atoms with Gasteiger partial charge in [-0.25, -0.2) is 0 Å². The monoisotopic (exact) mass is 501 g/mol. The van der Waals surface area contributed by atoms with Gasteiger partial charge < -0.3 is 0 Å².